The number of aryl methyl sites for hydroxylation is 2. The van der Waals surface area contributed by atoms with Crippen LogP contribution in [0.5, 0.6) is 5.75 Å². The van der Waals surface area contributed by atoms with Crippen molar-refractivity contribution in [2.75, 3.05) is 11.9 Å². The van der Waals surface area contributed by atoms with Gasteiger partial charge in [0, 0.05) is 23.6 Å². The lowest BCUT2D eigenvalue weighted by atomic mass is 10.1. The maximum Gasteiger partial charge on any atom is 0.276 e. The predicted octanol–water partition coefficient (Wildman–Crippen LogP) is 4.32. The SMILES string of the molecule is Cc1ccc(C)c(NC(=O)CCC(=O)NNC(=O)COc2c(Cl)cc(Cl)cc2Br)c1. The molecule has 0 atom stereocenters. The molecule has 0 saturated carbocycles. The van der Waals surface area contributed by atoms with Crippen molar-refractivity contribution in [3.63, 3.8) is 0 Å². The van der Waals surface area contributed by atoms with E-state index >= 15 is 0 Å². The average Bonchev–Trinajstić information content (AvgIpc) is 2.66. The lowest BCUT2D eigenvalue weighted by Gasteiger charge is -2.12. The summed E-state index contributed by atoms with van der Waals surface area (Å²) in [5, 5.41) is 3.42. The number of halogens is 3. The van der Waals surface area contributed by atoms with Gasteiger partial charge in [0.1, 0.15) is 0 Å². The summed E-state index contributed by atoms with van der Waals surface area (Å²) >= 11 is 15.1. The monoisotopic (exact) mass is 515 g/mol. The van der Waals surface area contributed by atoms with E-state index in [1.165, 1.54) is 6.07 Å². The molecule has 0 bridgehead atoms. The van der Waals surface area contributed by atoms with Crippen LogP contribution in [0.25, 0.3) is 0 Å². The highest BCUT2D eigenvalue weighted by Crippen LogP contribution is 2.35. The molecule has 0 aliphatic carbocycles. The van der Waals surface area contributed by atoms with Gasteiger partial charge in [-0.2, -0.15) is 0 Å². The van der Waals surface area contributed by atoms with Gasteiger partial charge in [-0.05, 0) is 59.1 Å². The van der Waals surface area contributed by atoms with Crippen LogP contribution < -0.4 is 20.9 Å². The Kier molecular flexibility index (Phi) is 8.95. The summed E-state index contributed by atoms with van der Waals surface area (Å²) in [5.74, 6) is -1.15. The highest BCUT2D eigenvalue weighted by atomic mass is 79.9. The summed E-state index contributed by atoms with van der Waals surface area (Å²) in [4.78, 5) is 35.7. The summed E-state index contributed by atoms with van der Waals surface area (Å²) in [7, 11) is 0. The third kappa shape index (κ3) is 7.51. The fraction of sp³-hybridized carbons (Fsp3) is 0.250. The Morgan fingerprint density at radius 1 is 0.967 bits per heavy atom. The zero-order chi connectivity index (χ0) is 22.3. The molecule has 2 aromatic carbocycles. The smallest absolute Gasteiger partial charge is 0.276 e. The van der Waals surface area contributed by atoms with Crippen molar-refractivity contribution in [1.29, 1.82) is 0 Å². The molecule has 0 unspecified atom stereocenters. The molecule has 2 rings (SSSR count). The van der Waals surface area contributed by atoms with Crippen molar-refractivity contribution >= 4 is 62.5 Å². The number of nitrogens with one attached hydrogen (secondary N) is 3. The first-order chi connectivity index (χ1) is 14.2. The first kappa shape index (κ1) is 24.0. The molecule has 3 N–H and O–H groups in total. The molecule has 0 aromatic heterocycles. The quantitative estimate of drug-likeness (QED) is 0.477. The Balaban J connectivity index is 1.72. The van der Waals surface area contributed by atoms with E-state index < -0.39 is 11.8 Å². The number of amides is 3. The van der Waals surface area contributed by atoms with E-state index in [0.29, 0.717) is 15.2 Å². The van der Waals surface area contributed by atoms with Crippen LogP contribution in [0.1, 0.15) is 24.0 Å². The molecular weight excluding hydrogens is 497 g/mol. The largest absolute Gasteiger partial charge is 0.481 e. The minimum atomic E-state index is -0.596. The van der Waals surface area contributed by atoms with Gasteiger partial charge in [-0.3, -0.25) is 25.2 Å². The third-order valence-corrected chi connectivity index (χ3v) is 4.99. The van der Waals surface area contributed by atoms with Gasteiger partial charge in [0.25, 0.3) is 5.91 Å². The first-order valence-electron chi connectivity index (χ1n) is 8.88. The highest BCUT2D eigenvalue weighted by Gasteiger charge is 2.13. The summed E-state index contributed by atoms with van der Waals surface area (Å²) in [6.45, 7) is 3.43. The van der Waals surface area contributed by atoms with Crippen LogP contribution >= 0.6 is 39.1 Å². The highest BCUT2D eigenvalue weighted by molar-refractivity contribution is 9.10. The summed E-state index contributed by atoms with van der Waals surface area (Å²) in [6, 6.07) is 8.77. The molecular formula is C20H20BrCl2N3O4. The molecule has 0 spiro atoms. The number of anilines is 1. The number of ether oxygens (including phenoxy) is 1. The summed E-state index contributed by atoms with van der Waals surface area (Å²) < 4.78 is 5.83. The topological polar surface area (TPSA) is 96.5 Å². The number of carbonyl (C=O) groups is 3. The van der Waals surface area contributed by atoms with Gasteiger partial charge in [-0.1, -0.05) is 35.3 Å². The van der Waals surface area contributed by atoms with E-state index in [1.807, 2.05) is 32.0 Å². The fourth-order valence-electron chi connectivity index (χ4n) is 2.35. The molecule has 0 radical (unpaired) electrons. The normalized spacial score (nSPS) is 10.3. The molecule has 0 saturated heterocycles. The van der Waals surface area contributed by atoms with Crippen LogP contribution in [0.15, 0.2) is 34.8 Å². The van der Waals surface area contributed by atoms with Crippen molar-refractivity contribution in [2.24, 2.45) is 0 Å². The van der Waals surface area contributed by atoms with Gasteiger partial charge in [0.05, 0.1) is 9.50 Å². The molecule has 30 heavy (non-hydrogen) atoms. The van der Waals surface area contributed by atoms with E-state index in [1.54, 1.807) is 6.07 Å². The van der Waals surface area contributed by atoms with Crippen LogP contribution in [-0.4, -0.2) is 24.3 Å². The maximum absolute atomic E-state index is 12.0. The second-order valence-electron chi connectivity index (χ2n) is 6.45. The third-order valence-electron chi connectivity index (χ3n) is 3.90. The summed E-state index contributed by atoms with van der Waals surface area (Å²) in [6.07, 6.45) is -0.120. The Hall–Kier alpha value is -2.29. The lowest BCUT2D eigenvalue weighted by molar-refractivity contribution is -0.130. The van der Waals surface area contributed by atoms with E-state index in [2.05, 4.69) is 32.1 Å². The molecule has 7 nitrogen and oxygen atoms in total. The molecule has 0 heterocycles. The summed E-state index contributed by atoms with van der Waals surface area (Å²) in [5.41, 5.74) is 7.10. The molecule has 10 heteroatoms. The molecule has 2 aromatic rings. The van der Waals surface area contributed by atoms with Gasteiger partial charge in [0.2, 0.25) is 11.8 Å². The molecule has 160 valence electrons. The maximum atomic E-state index is 12.0. The van der Waals surface area contributed by atoms with Crippen molar-refractivity contribution in [3.05, 3.63) is 56.0 Å². The molecule has 3 amide bonds. The van der Waals surface area contributed by atoms with Crippen LogP contribution in [0.4, 0.5) is 5.69 Å². The van der Waals surface area contributed by atoms with Gasteiger partial charge >= 0.3 is 0 Å². The van der Waals surface area contributed by atoms with Crippen LogP contribution in [0.3, 0.4) is 0 Å². The average molecular weight is 517 g/mol. The number of benzene rings is 2. The number of rotatable bonds is 7. The van der Waals surface area contributed by atoms with Gasteiger partial charge < -0.3 is 10.1 Å². The van der Waals surface area contributed by atoms with Crippen molar-refractivity contribution in [1.82, 2.24) is 10.9 Å². The van der Waals surface area contributed by atoms with E-state index in [0.717, 1.165) is 11.1 Å². The van der Waals surface area contributed by atoms with E-state index in [-0.39, 0.29) is 36.1 Å². The molecule has 0 aliphatic rings. The van der Waals surface area contributed by atoms with Crippen LogP contribution in [0, 0.1) is 13.8 Å². The zero-order valence-corrected chi connectivity index (χ0v) is 19.4. The number of hydrogen-bond acceptors (Lipinski definition) is 4. The van der Waals surface area contributed by atoms with Crippen LogP contribution in [-0.2, 0) is 14.4 Å². The van der Waals surface area contributed by atoms with Gasteiger partial charge in [0.15, 0.2) is 12.4 Å². The lowest BCUT2D eigenvalue weighted by Crippen LogP contribution is -2.44. The second-order valence-corrected chi connectivity index (χ2v) is 8.15. The Morgan fingerprint density at radius 3 is 2.33 bits per heavy atom. The van der Waals surface area contributed by atoms with Gasteiger partial charge in [-0.15, -0.1) is 0 Å². The van der Waals surface area contributed by atoms with E-state index in [4.69, 9.17) is 27.9 Å². The molecule has 0 aliphatic heterocycles. The fourth-order valence-corrected chi connectivity index (χ4v) is 3.72. The Morgan fingerprint density at radius 2 is 1.63 bits per heavy atom. The number of carbonyl (C=O) groups excluding carboxylic acids is 3. The minimum Gasteiger partial charge on any atom is -0.481 e. The zero-order valence-electron chi connectivity index (χ0n) is 16.3. The minimum absolute atomic E-state index is 0.0289. The van der Waals surface area contributed by atoms with Crippen molar-refractivity contribution in [3.8, 4) is 5.75 Å². The van der Waals surface area contributed by atoms with Crippen molar-refractivity contribution in [2.45, 2.75) is 26.7 Å². The van der Waals surface area contributed by atoms with Crippen molar-refractivity contribution < 1.29 is 19.1 Å². The van der Waals surface area contributed by atoms with E-state index in [9.17, 15) is 14.4 Å². The second kappa shape index (κ2) is 11.2. The molecule has 0 fully saturated rings. The standard InChI is InChI=1S/C20H20BrCl2N3O4/c1-11-3-4-12(2)16(7-11)24-17(27)5-6-18(28)25-26-19(29)10-30-20-14(21)8-13(22)9-15(20)23/h3-4,7-9H,5-6,10H2,1-2H3,(H,24,27)(H,25,28)(H,26,29). The van der Waals surface area contributed by atoms with Gasteiger partial charge in [-0.25, -0.2) is 0 Å². The number of hydrazine groups is 1. The Bertz CT molecular complexity index is 946. The first-order valence-corrected chi connectivity index (χ1v) is 10.4. The number of hydrogen-bond donors (Lipinski definition) is 3. The van der Waals surface area contributed by atoms with Crippen LogP contribution in [0.2, 0.25) is 10.0 Å². The Labute approximate surface area is 192 Å². The predicted molar refractivity (Wildman–Crippen MR) is 120 cm³/mol.